The molecule has 0 spiro atoms. The van der Waals surface area contributed by atoms with Crippen LogP contribution in [0.15, 0.2) is 41.8 Å². The molecule has 142 valence electrons. The van der Waals surface area contributed by atoms with E-state index in [1.165, 1.54) is 12.5 Å². The van der Waals surface area contributed by atoms with Crippen LogP contribution in [-0.2, 0) is 10.0 Å². The molecule has 1 saturated carbocycles. The van der Waals surface area contributed by atoms with E-state index in [1.54, 1.807) is 28.6 Å². The molecule has 1 saturated heterocycles. The Bertz CT molecular complexity index is 775. The highest BCUT2D eigenvalue weighted by molar-refractivity contribution is 7.89. The number of hydrogen-bond donors (Lipinski definition) is 1. The molecule has 2 aliphatic rings. The maximum atomic E-state index is 13.3. The number of carbonyl (C=O) groups excluding carboxylic acids is 1. The number of nitrogens with one attached hydrogen (secondary N) is 1. The summed E-state index contributed by atoms with van der Waals surface area (Å²) < 4.78 is 28.3. The van der Waals surface area contributed by atoms with E-state index in [2.05, 4.69) is 18.8 Å². The molecule has 3 rings (SSSR count). The molecule has 1 N–H and O–H groups in total. The van der Waals surface area contributed by atoms with Crippen molar-refractivity contribution < 1.29 is 13.2 Å². The third-order valence-electron chi connectivity index (χ3n) is 5.80. The van der Waals surface area contributed by atoms with Crippen molar-refractivity contribution in [1.82, 2.24) is 9.62 Å². The first-order valence-corrected chi connectivity index (χ1v) is 10.9. The fourth-order valence-corrected chi connectivity index (χ4v) is 6.13. The summed E-state index contributed by atoms with van der Waals surface area (Å²) in [5, 5.41) is 2.69. The van der Waals surface area contributed by atoms with E-state index in [0.717, 1.165) is 25.7 Å². The fraction of sp³-hybridized carbons (Fsp3) is 0.550. The average molecular weight is 377 g/mol. The number of piperidine rings is 1. The number of amides is 1. The number of sulfonamides is 1. The first kappa shape index (κ1) is 19.1. The molecule has 1 amide bonds. The van der Waals surface area contributed by atoms with E-state index in [0.29, 0.717) is 30.5 Å². The second-order valence-electron chi connectivity index (χ2n) is 7.42. The number of nitrogens with zero attached hydrogens (tertiary/aromatic N) is 1. The van der Waals surface area contributed by atoms with E-state index in [-0.39, 0.29) is 16.8 Å². The number of rotatable bonds is 5. The molecular formula is C20H28N2O3S. The molecule has 3 atom stereocenters. The van der Waals surface area contributed by atoms with Crippen molar-refractivity contribution in [2.75, 3.05) is 13.1 Å². The highest BCUT2D eigenvalue weighted by Gasteiger charge is 2.42. The summed E-state index contributed by atoms with van der Waals surface area (Å²) in [5.41, 5.74) is 0.360. The monoisotopic (exact) mass is 376 g/mol. The van der Waals surface area contributed by atoms with Crippen LogP contribution in [0.4, 0.5) is 0 Å². The van der Waals surface area contributed by atoms with Gasteiger partial charge < -0.3 is 5.32 Å². The third kappa shape index (κ3) is 3.71. The van der Waals surface area contributed by atoms with Gasteiger partial charge in [-0.2, -0.15) is 4.31 Å². The van der Waals surface area contributed by atoms with Gasteiger partial charge in [0.25, 0.3) is 5.91 Å². The van der Waals surface area contributed by atoms with Gasteiger partial charge in [-0.05, 0) is 49.3 Å². The van der Waals surface area contributed by atoms with Gasteiger partial charge in [-0.1, -0.05) is 31.9 Å². The number of carbonyl (C=O) groups is 1. The molecule has 2 fully saturated rings. The minimum Gasteiger partial charge on any atom is -0.349 e. The van der Waals surface area contributed by atoms with E-state index in [9.17, 15) is 13.2 Å². The van der Waals surface area contributed by atoms with Crippen LogP contribution in [0, 0.1) is 11.8 Å². The van der Waals surface area contributed by atoms with Crippen molar-refractivity contribution in [3.8, 4) is 0 Å². The molecule has 0 aromatic heterocycles. The van der Waals surface area contributed by atoms with Crippen molar-refractivity contribution in [1.29, 1.82) is 0 Å². The van der Waals surface area contributed by atoms with Crippen molar-refractivity contribution >= 4 is 15.9 Å². The Hall–Kier alpha value is -1.66. The largest absolute Gasteiger partial charge is 0.349 e. The van der Waals surface area contributed by atoms with Crippen LogP contribution in [0.5, 0.6) is 0 Å². The van der Waals surface area contributed by atoms with Crippen LogP contribution < -0.4 is 5.32 Å². The molecule has 1 aromatic carbocycles. The van der Waals surface area contributed by atoms with Crippen molar-refractivity contribution in [3.05, 3.63) is 42.5 Å². The number of hydrogen-bond acceptors (Lipinski definition) is 3. The second-order valence-corrected chi connectivity index (χ2v) is 9.31. The van der Waals surface area contributed by atoms with Gasteiger partial charge in [0.05, 0.1) is 4.90 Å². The second kappa shape index (κ2) is 7.92. The van der Waals surface area contributed by atoms with Crippen molar-refractivity contribution in [3.63, 3.8) is 0 Å². The molecule has 26 heavy (non-hydrogen) atoms. The zero-order chi connectivity index (χ0) is 18.7. The van der Waals surface area contributed by atoms with Crippen LogP contribution in [0.1, 0.15) is 49.4 Å². The quantitative estimate of drug-likeness (QED) is 0.803. The average Bonchev–Trinajstić information content (AvgIpc) is 2.66. The molecule has 5 nitrogen and oxygen atoms in total. The lowest BCUT2D eigenvalue weighted by Gasteiger charge is -2.46. The lowest BCUT2D eigenvalue weighted by atomic mass is 9.74. The van der Waals surface area contributed by atoms with Gasteiger partial charge in [-0.25, -0.2) is 8.42 Å². The van der Waals surface area contributed by atoms with Gasteiger partial charge in [-0.15, -0.1) is 6.58 Å². The summed E-state index contributed by atoms with van der Waals surface area (Å²) >= 11 is 0. The molecule has 6 heteroatoms. The molecule has 1 aliphatic heterocycles. The molecule has 1 aliphatic carbocycles. The number of benzene rings is 1. The molecule has 0 bridgehead atoms. The van der Waals surface area contributed by atoms with Gasteiger partial charge in [0.15, 0.2) is 0 Å². The topological polar surface area (TPSA) is 66.5 Å². The van der Waals surface area contributed by atoms with Gasteiger partial charge in [0, 0.05) is 24.7 Å². The summed E-state index contributed by atoms with van der Waals surface area (Å²) in [4.78, 5) is 12.4. The molecular weight excluding hydrogens is 348 g/mol. The Balaban J connectivity index is 1.88. The van der Waals surface area contributed by atoms with E-state index in [4.69, 9.17) is 0 Å². The minimum atomic E-state index is -3.60. The maximum Gasteiger partial charge on any atom is 0.251 e. The van der Waals surface area contributed by atoms with Crippen LogP contribution in [-0.4, -0.2) is 37.8 Å². The van der Waals surface area contributed by atoms with Gasteiger partial charge in [0.2, 0.25) is 10.0 Å². The summed E-state index contributed by atoms with van der Waals surface area (Å²) in [6.07, 6.45) is 6.83. The maximum absolute atomic E-state index is 13.3. The normalized spacial score (nSPS) is 26.7. The van der Waals surface area contributed by atoms with Gasteiger partial charge >= 0.3 is 0 Å². The molecule has 1 heterocycles. The van der Waals surface area contributed by atoms with Crippen molar-refractivity contribution in [2.45, 2.75) is 50.0 Å². The molecule has 1 aromatic rings. The minimum absolute atomic E-state index is 0.0933. The molecule has 3 unspecified atom stereocenters. The lowest BCUT2D eigenvalue weighted by Crippen LogP contribution is -2.52. The van der Waals surface area contributed by atoms with Gasteiger partial charge in [0.1, 0.15) is 0 Å². The van der Waals surface area contributed by atoms with Crippen LogP contribution in [0.25, 0.3) is 0 Å². The first-order chi connectivity index (χ1) is 12.4. The van der Waals surface area contributed by atoms with Crippen LogP contribution in [0.2, 0.25) is 0 Å². The highest BCUT2D eigenvalue weighted by Crippen LogP contribution is 2.41. The highest BCUT2D eigenvalue weighted by atomic mass is 32.2. The molecule has 0 radical (unpaired) electrons. The fourth-order valence-electron chi connectivity index (χ4n) is 4.37. The predicted octanol–water partition coefficient (Wildman–Crippen LogP) is 3.19. The summed E-state index contributed by atoms with van der Waals surface area (Å²) in [6.45, 7) is 6.74. The van der Waals surface area contributed by atoms with Crippen LogP contribution >= 0.6 is 0 Å². The van der Waals surface area contributed by atoms with Gasteiger partial charge in [-0.3, -0.25) is 4.79 Å². The Morgan fingerprint density at radius 3 is 2.85 bits per heavy atom. The van der Waals surface area contributed by atoms with Crippen LogP contribution in [0.3, 0.4) is 0 Å². The summed E-state index contributed by atoms with van der Waals surface area (Å²) in [5.74, 6) is 0.735. The Morgan fingerprint density at radius 2 is 2.08 bits per heavy atom. The zero-order valence-electron chi connectivity index (χ0n) is 15.4. The zero-order valence-corrected chi connectivity index (χ0v) is 16.2. The lowest BCUT2D eigenvalue weighted by molar-refractivity contribution is 0.0827. The van der Waals surface area contributed by atoms with E-state index in [1.807, 2.05) is 0 Å². The third-order valence-corrected chi connectivity index (χ3v) is 7.72. The smallest absolute Gasteiger partial charge is 0.251 e. The number of fused-ring (bicyclic) bond motifs is 1. The van der Waals surface area contributed by atoms with Crippen molar-refractivity contribution in [2.24, 2.45) is 11.8 Å². The summed E-state index contributed by atoms with van der Waals surface area (Å²) in [7, 11) is -3.60. The Morgan fingerprint density at radius 1 is 1.31 bits per heavy atom. The summed E-state index contributed by atoms with van der Waals surface area (Å²) in [6, 6.07) is 6.45. The van der Waals surface area contributed by atoms with E-state index < -0.39 is 10.0 Å². The Kier molecular flexibility index (Phi) is 5.82. The standard InChI is InChI=1S/C20H28N2O3S/c1-3-12-21-20(23)16-7-6-8-17(14-16)26(24,25)22-13-11-15(2)18-9-4-5-10-19(18)22/h3,6-8,14-15,18-19H,1,4-5,9-13H2,2H3,(H,21,23). The first-order valence-electron chi connectivity index (χ1n) is 9.46. The predicted molar refractivity (Wildman–Crippen MR) is 102 cm³/mol. The SMILES string of the molecule is C=CCNC(=O)c1cccc(S(=O)(=O)N2CCC(C)C3CCCCC32)c1. The Labute approximate surface area is 156 Å². The van der Waals surface area contributed by atoms with E-state index >= 15 is 0 Å².